The highest BCUT2D eigenvalue weighted by Gasteiger charge is 2.18. The molecule has 3 N–H and O–H groups in total. The number of rotatable bonds is 1. The van der Waals surface area contributed by atoms with Gasteiger partial charge in [0, 0.05) is 10.8 Å². The van der Waals surface area contributed by atoms with Gasteiger partial charge in [-0.3, -0.25) is 0 Å². The second-order valence-electron chi connectivity index (χ2n) is 3.81. The lowest BCUT2D eigenvalue weighted by molar-refractivity contribution is 0.0666. The molecule has 0 atom stereocenters. The molecule has 1 aromatic heterocycles. The lowest BCUT2D eigenvalue weighted by Gasteiger charge is -1.97. The Bertz CT molecular complexity index is 743. The van der Waals surface area contributed by atoms with Crippen molar-refractivity contribution in [1.82, 2.24) is 0 Å². The molecule has 0 saturated heterocycles. The molecule has 0 aliphatic heterocycles. The van der Waals surface area contributed by atoms with Gasteiger partial charge in [-0.25, -0.2) is 4.79 Å². The molecule has 0 aliphatic carbocycles. The van der Waals surface area contributed by atoms with Gasteiger partial charge in [0.1, 0.15) is 5.58 Å². The third-order valence-corrected chi connectivity index (χ3v) is 2.81. The van der Waals surface area contributed by atoms with E-state index in [-0.39, 0.29) is 11.4 Å². The van der Waals surface area contributed by atoms with Gasteiger partial charge in [0.2, 0.25) is 5.76 Å². The molecule has 0 bridgehead atoms. The minimum atomic E-state index is -1.15. The molecule has 4 nitrogen and oxygen atoms in total. The van der Waals surface area contributed by atoms with Crippen molar-refractivity contribution in [2.75, 3.05) is 5.73 Å². The first-order valence-corrected chi connectivity index (χ1v) is 5.11. The quantitative estimate of drug-likeness (QED) is 0.670. The first-order valence-electron chi connectivity index (χ1n) is 5.11. The van der Waals surface area contributed by atoms with Gasteiger partial charge in [-0.05, 0) is 11.5 Å². The van der Waals surface area contributed by atoms with E-state index in [0.717, 1.165) is 10.8 Å². The highest BCUT2D eigenvalue weighted by molar-refractivity contribution is 6.12. The highest BCUT2D eigenvalue weighted by atomic mass is 16.4. The fraction of sp³-hybridized carbons (Fsp3) is 0. The van der Waals surface area contributed by atoms with E-state index in [2.05, 4.69) is 0 Å². The molecule has 0 saturated carbocycles. The van der Waals surface area contributed by atoms with Crippen molar-refractivity contribution in [3.8, 4) is 0 Å². The van der Waals surface area contributed by atoms with Crippen LogP contribution in [0.25, 0.3) is 21.7 Å². The summed E-state index contributed by atoms with van der Waals surface area (Å²) in [6, 6.07) is 11.3. The SMILES string of the molecule is Nc1c(C(=O)O)oc2c1ccc1ccccc12. The molecule has 0 unspecified atom stereocenters. The smallest absolute Gasteiger partial charge is 0.374 e. The molecule has 1 heterocycles. The van der Waals surface area contributed by atoms with Crippen LogP contribution in [0.1, 0.15) is 10.6 Å². The summed E-state index contributed by atoms with van der Waals surface area (Å²) >= 11 is 0. The number of nitrogens with two attached hydrogens (primary N) is 1. The lowest BCUT2D eigenvalue weighted by Crippen LogP contribution is -1.98. The average Bonchev–Trinajstić information content (AvgIpc) is 2.67. The van der Waals surface area contributed by atoms with Crippen LogP contribution in [0.4, 0.5) is 5.69 Å². The van der Waals surface area contributed by atoms with Gasteiger partial charge in [-0.1, -0.05) is 30.3 Å². The summed E-state index contributed by atoms with van der Waals surface area (Å²) in [7, 11) is 0. The molecule has 0 radical (unpaired) electrons. The Hall–Kier alpha value is -2.49. The summed E-state index contributed by atoms with van der Waals surface area (Å²) in [4.78, 5) is 11.0. The first kappa shape index (κ1) is 9.72. The summed E-state index contributed by atoms with van der Waals surface area (Å²) in [5, 5.41) is 11.5. The zero-order valence-electron chi connectivity index (χ0n) is 8.81. The molecule has 0 spiro atoms. The highest BCUT2D eigenvalue weighted by Crippen LogP contribution is 2.33. The van der Waals surface area contributed by atoms with Crippen LogP contribution < -0.4 is 5.73 Å². The number of benzene rings is 2. The molecular formula is C13H9NO3. The fourth-order valence-corrected chi connectivity index (χ4v) is 2.00. The number of anilines is 1. The van der Waals surface area contributed by atoms with E-state index < -0.39 is 5.97 Å². The molecular weight excluding hydrogens is 218 g/mol. The van der Waals surface area contributed by atoms with Gasteiger partial charge in [0.15, 0.2) is 0 Å². The standard InChI is InChI=1S/C13H9NO3/c14-10-9-6-5-7-3-1-2-4-8(7)11(9)17-12(10)13(15)16/h1-6H,14H2,(H,15,16). The van der Waals surface area contributed by atoms with Crippen LogP contribution >= 0.6 is 0 Å². The Balaban J connectivity index is 2.51. The Morgan fingerprint density at radius 1 is 1.12 bits per heavy atom. The Morgan fingerprint density at radius 3 is 2.65 bits per heavy atom. The van der Waals surface area contributed by atoms with Crippen LogP contribution in [0.5, 0.6) is 0 Å². The predicted molar refractivity (Wildman–Crippen MR) is 65.1 cm³/mol. The summed E-state index contributed by atoms with van der Waals surface area (Å²) in [6.45, 7) is 0. The molecule has 84 valence electrons. The molecule has 2 aromatic carbocycles. The monoisotopic (exact) mass is 227 g/mol. The largest absolute Gasteiger partial charge is 0.475 e. The van der Waals surface area contributed by atoms with Crippen LogP contribution in [0.3, 0.4) is 0 Å². The summed E-state index contributed by atoms with van der Waals surface area (Å²) in [5.41, 5.74) is 6.46. The van der Waals surface area contributed by atoms with Crippen molar-refractivity contribution in [2.24, 2.45) is 0 Å². The second kappa shape index (κ2) is 3.25. The van der Waals surface area contributed by atoms with Crippen LogP contribution in [-0.4, -0.2) is 11.1 Å². The minimum absolute atomic E-state index is 0.179. The van der Waals surface area contributed by atoms with Crippen LogP contribution in [0.15, 0.2) is 40.8 Å². The Labute approximate surface area is 96.2 Å². The van der Waals surface area contributed by atoms with E-state index in [1.54, 1.807) is 6.07 Å². The van der Waals surface area contributed by atoms with Gasteiger partial charge in [0.05, 0.1) is 5.69 Å². The van der Waals surface area contributed by atoms with E-state index >= 15 is 0 Å². The van der Waals surface area contributed by atoms with Gasteiger partial charge in [-0.2, -0.15) is 0 Å². The van der Waals surface area contributed by atoms with E-state index in [1.165, 1.54) is 0 Å². The van der Waals surface area contributed by atoms with E-state index in [9.17, 15) is 4.79 Å². The van der Waals surface area contributed by atoms with Crippen LogP contribution in [0.2, 0.25) is 0 Å². The Kier molecular flexibility index (Phi) is 1.86. The fourth-order valence-electron chi connectivity index (χ4n) is 2.00. The first-order chi connectivity index (χ1) is 8.18. The molecule has 3 rings (SSSR count). The van der Waals surface area contributed by atoms with E-state index in [1.807, 2.05) is 30.3 Å². The molecule has 0 amide bonds. The van der Waals surface area contributed by atoms with Gasteiger partial charge >= 0.3 is 5.97 Å². The van der Waals surface area contributed by atoms with Crippen LogP contribution in [-0.2, 0) is 0 Å². The van der Waals surface area contributed by atoms with Crippen molar-refractivity contribution in [3.63, 3.8) is 0 Å². The van der Waals surface area contributed by atoms with Crippen LogP contribution in [0, 0.1) is 0 Å². The number of hydrogen-bond acceptors (Lipinski definition) is 3. The number of aromatic carboxylic acids is 1. The second-order valence-corrected chi connectivity index (χ2v) is 3.81. The summed E-state index contributed by atoms with van der Waals surface area (Å²) < 4.78 is 5.35. The predicted octanol–water partition coefficient (Wildman–Crippen LogP) is 2.87. The number of carbonyl (C=O) groups is 1. The normalized spacial score (nSPS) is 11.1. The molecule has 0 fully saturated rings. The van der Waals surface area contributed by atoms with Crippen molar-refractivity contribution >= 4 is 33.4 Å². The van der Waals surface area contributed by atoms with Crippen molar-refractivity contribution in [1.29, 1.82) is 0 Å². The summed E-state index contributed by atoms with van der Waals surface area (Å²) in [5.74, 6) is -1.35. The Morgan fingerprint density at radius 2 is 1.88 bits per heavy atom. The maximum atomic E-state index is 11.0. The number of nitrogen functional groups attached to an aromatic ring is 1. The van der Waals surface area contributed by atoms with Crippen molar-refractivity contribution in [3.05, 3.63) is 42.2 Å². The third kappa shape index (κ3) is 1.27. The number of carboxylic acids is 1. The number of carboxylic acid groups (broad SMARTS) is 1. The van der Waals surface area contributed by atoms with Gasteiger partial charge in [0.25, 0.3) is 0 Å². The molecule has 0 aliphatic rings. The maximum absolute atomic E-state index is 11.0. The maximum Gasteiger partial charge on any atom is 0.374 e. The number of fused-ring (bicyclic) bond motifs is 3. The zero-order chi connectivity index (χ0) is 12.0. The number of furan rings is 1. The van der Waals surface area contributed by atoms with Crippen molar-refractivity contribution in [2.45, 2.75) is 0 Å². The zero-order valence-corrected chi connectivity index (χ0v) is 8.81. The average molecular weight is 227 g/mol. The van der Waals surface area contributed by atoms with E-state index in [0.29, 0.717) is 11.0 Å². The van der Waals surface area contributed by atoms with Crippen molar-refractivity contribution < 1.29 is 14.3 Å². The summed E-state index contributed by atoms with van der Waals surface area (Å²) in [6.07, 6.45) is 0. The topological polar surface area (TPSA) is 76.5 Å². The van der Waals surface area contributed by atoms with E-state index in [4.69, 9.17) is 15.3 Å². The lowest BCUT2D eigenvalue weighted by atomic mass is 10.1. The molecule has 4 heteroatoms. The minimum Gasteiger partial charge on any atom is -0.475 e. The molecule has 17 heavy (non-hydrogen) atoms. The van der Waals surface area contributed by atoms with Gasteiger partial charge in [-0.15, -0.1) is 0 Å². The number of hydrogen-bond donors (Lipinski definition) is 2. The third-order valence-electron chi connectivity index (χ3n) is 2.81. The molecule has 3 aromatic rings. The van der Waals surface area contributed by atoms with Gasteiger partial charge < -0.3 is 15.3 Å².